The van der Waals surface area contributed by atoms with E-state index in [0.29, 0.717) is 0 Å². The van der Waals surface area contributed by atoms with Crippen LogP contribution in [-0.4, -0.2) is 0 Å². The highest BCUT2D eigenvalue weighted by molar-refractivity contribution is 5.94. The van der Waals surface area contributed by atoms with Gasteiger partial charge >= 0.3 is 0 Å². The summed E-state index contributed by atoms with van der Waals surface area (Å²) >= 11 is 0. The van der Waals surface area contributed by atoms with E-state index >= 15 is 0 Å². The molecule has 2 nitrogen and oxygen atoms in total. The van der Waals surface area contributed by atoms with E-state index in [2.05, 4.69) is 163 Å². The lowest BCUT2D eigenvalue weighted by Crippen LogP contribution is -2.11. The minimum absolute atomic E-state index is 0.849. The maximum Gasteiger partial charge on any atom is 0.137 e. The number of benzene rings is 7. The van der Waals surface area contributed by atoms with Crippen LogP contribution in [0.3, 0.4) is 0 Å². The Labute approximate surface area is 257 Å². The van der Waals surface area contributed by atoms with E-state index in [1.54, 1.807) is 0 Å². The molecule has 0 aliphatic rings. The fourth-order valence-electron chi connectivity index (χ4n) is 6.05. The molecular formula is C42H29NO. The molecule has 0 saturated carbocycles. The van der Waals surface area contributed by atoms with Crippen molar-refractivity contribution in [3.63, 3.8) is 0 Å². The molecule has 0 spiro atoms. The normalized spacial score (nSPS) is 11.2. The Morgan fingerprint density at radius 2 is 0.977 bits per heavy atom. The Balaban J connectivity index is 1.25. The number of hydrogen-bond acceptors (Lipinski definition) is 2. The first kappa shape index (κ1) is 25.8. The lowest BCUT2D eigenvalue weighted by atomic mass is 9.98. The third-order valence-corrected chi connectivity index (χ3v) is 8.26. The van der Waals surface area contributed by atoms with Crippen LogP contribution in [0.1, 0.15) is 0 Å². The first-order valence-electron chi connectivity index (χ1n) is 14.9. The van der Waals surface area contributed by atoms with Crippen molar-refractivity contribution < 1.29 is 4.42 Å². The smallest absolute Gasteiger partial charge is 0.137 e. The number of para-hydroxylation sites is 2. The molecule has 0 aliphatic heterocycles. The van der Waals surface area contributed by atoms with E-state index in [9.17, 15) is 0 Å². The van der Waals surface area contributed by atoms with E-state index in [1.165, 1.54) is 33.0 Å². The molecule has 2 heteroatoms. The summed E-state index contributed by atoms with van der Waals surface area (Å²) < 4.78 is 6.38. The molecule has 8 rings (SSSR count). The van der Waals surface area contributed by atoms with Gasteiger partial charge in [0.2, 0.25) is 0 Å². The van der Waals surface area contributed by atoms with Crippen molar-refractivity contribution in [2.75, 3.05) is 4.90 Å². The summed E-state index contributed by atoms with van der Waals surface area (Å²) in [6.45, 7) is 0. The summed E-state index contributed by atoms with van der Waals surface area (Å²) in [6, 6.07) is 62.1. The van der Waals surface area contributed by atoms with E-state index in [-0.39, 0.29) is 0 Å². The van der Waals surface area contributed by atoms with E-state index in [0.717, 1.165) is 39.4 Å². The fourth-order valence-corrected chi connectivity index (χ4v) is 6.05. The van der Waals surface area contributed by atoms with Gasteiger partial charge < -0.3 is 9.32 Å². The van der Waals surface area contributed by atoms with Crippen LogP contribution in [0.2, 0.25) is 0 Å². The number of furan rings is 1. The molecule has 7 aromatic carbocycles. The summed E-state index contributed by atoms with van der Waals surface area (Å²) in [7, 11) is 0. The zero-order valence-corrected chi connectivity index (χ0v) is 24.1. The number of hydrogen-bond donors (Lipinski definition) is 0. The molecule has 44 heavy (non-hydrogen) atoms. The molecule has 0 radical (unpaired) electrons. The molecule has 1 aromatic heterocycles. The first-order valence-corrected chi connectivity index (χ1v) is 14.9. The second-order valence-corrected chi connectivity index (χ2v) is 11.0. The van der Waals surface area contributed by atoms with Crippen molar-refractivity contribution >= 4 is 38.8 Å². The van der Waals surface area contributed by atoms with Gasteiger partial charge in [0.25, 0.3) is 0 Å². The molecule has 0 amide bonds. The number of nitrogens with zero attached hydrogens (tertiary/aromatic N) is 1. The van der Waals surface area contributed by atoms with Crippen LogP contribution in [0.25, 0.3) is 55.3 Å². The predicted octanol–water partition coefficient (Wildman–Crippen LogP) is 12.1. The standard InChI is InChI=1S/C42H29NO/c1-2-11-30(12-3-1)33-16-10-17-34(27-33)32-21-24-37(25-22-32)43(38-26-23-31-13-4-5-14-35(31)28-38)40-19-8-7-18-39(40)42-29-36-15-6-9-20-41(36)44-42/h1-29H. The zero-order chi connectivity index (χ0) is 29.3. The summed E-state index contributed by atoms with van der Waals surface area (Å²) in [5, 5.41) is 3.51. The average Bonchev–Trinajstić information content (AvgIpc) is 3.54. The van der Waals surface area contributed by atoms with E-state index in [1.807, 2.05) is 18.2 Å². The lowest BCUT2D eigenvalue weighted by molar-refractivity contribution is 0.631. The SMILES string of the molecule is c1ccc(-c2cccc(-c3ccc(N(c4ccc5ccccc5c4)c4ccccc4-c4cc5ccccc5o4)cc3)c2)cc1. The Hall–Kier alpha value is -5.86. The van der Waals surface area contributed by atoms with Gasteiger partial charge in [0.1, 0.15) is 11.3 Å². The molecule has 0 aliphatic carbocycles. The number of fused-ring (bicyclic) bond motifs is 2. The van der Waals surface area contributed by atoms with Gasteiger partial charge in [-0.2, -0.15) is 0 Å². The highest BCUT2D eigenvalue weighted by Crippen LogP contribution is 2.43. The molecule has 0 unspecified atom stereocenters. The second kappa shape index (κ2) is 11.1. The highest BCUT2D eigenvalue weighted by Gasteiger charge is 2.19. The summed E-state index contributed by atoms with van der Waals surface area (Å²) in [5.74, 6) is 0.849. The molecule has 0 bridgehead atoms. The molecule has 0 saturated heterocycles. The van der Waals surface area contributed by atoms with Crippen LogP contribution < -0.4 is 4.90 Å². The molecule has 1 heterocycles. The van der Waals surface area contributed by atoms with E-state index < -0.39 is 0 Å². The largest absolute Gasteiger partial charge is 0.456 e. The third kappa shape index (κ3) is 4.83. The zero-order valence-electron chi connectivity index (χ0n) is 24.1. The maximum absolute atomic E-state index is 6.38. The minimum Gasteiger partial charge on any atom is -0.456 e. The second-order valence-electron chi connectivity index (χ2n) is 11.0. The third-order valence-electron chi connectivity index (χ3n) is 8.26. The average molecular weight is 564 g/mol. The quantitative estimate of drug-likeness (QED) is 0.200. The summed E-state index contributed by atoms with van der Waals surface area (Å²) in [6.07, 6.45) is 0. The first-order chi connectivity index (χ1) is 21.8. The van der Waals surface area contributed by atoms with Crippen molar-refractivity contribution in [1.82, 2.24) is 0 Å². The van der Waals surface area contributed by atoms with Crippen LogP contribution in [0.5, 0.6) is 0 Å². The van der Waals surface area contributed by atoms with Gasteiger partial charge in [-0.1, -0.05) is 121 Å². The number of rotatable bonds is 6. The molecule has 8 aromatic rings. The summed E-state index contributed by atoms with van der Waals surface area (Å²) in [5.41, 5.74) is 9.94. The minimum atomic E-state index is 0.849. The Bertz CT molecular complexity index is 2190. The van der Waals surface area contributed by atoms with Gasteiger partial charge in [-0.05, 0) is 87.6 Å². The van der Waals surface area contributed by atoms with Crippen LogP contribution >= 0.6 is 0 Å². The van der Waals surface area contributed by atoms with Crippen molar-refractivity contribution in [3.8, 4) is 33.6 Å². The Morgan fingerprint density at radius 3 is 1.77 bits per heavy atom. The highest BCUT2D eigenvalue weighted by atomic mass is 16.3. The van der Waals surface area contributed by atoms with Crippen molar-refractivity contribution in [1.29, 1.82) is 0 Å². The molecule has 0 fully saturated rings. The van der Waals surface area contributed by atoms with Crippen LogP contribution in [0, 0.1) is 0 Å². The van der Waals surface area contributed by atoms with Gasteiger partial charge in [0.05, 0.1) is 5.69 Å². The topological polar surface area (TPSA) is 16.4 Å². The molecule has 0 atom stereocenters. The molecule has 0 N–H and O–H groups in total. The van der Waals surface area contributed by atoms with Gasteiger partial charge in [-0.3, -0.25) is 0 Å². The van der Waals surface area contributed by atoms with Gasteiger partial charge in [0.15, 0.2) is 0 Å². The molecule has 208 valence electrons. The Kier molecular flexibility index (Phi) is 6.51. The van der Waals surface area contributed by atoms with Gasteiger partial charge in [0, 0.05) is 22.3 Å². The number of anilines is 3. The molecular weight excluding hydrogens is 534 g/mol. The van der Waals surface area contributed by atoms with Crippen molar-refractivity contribution in [3.05, 3.63) is 176 Å². The Morgan fingerprint density at radius 1 is 0.364 bits per heavy atom. The monoisotopic (exact) mass is 563 g/mol. The summed E-state index contributed by atoms with van der Waals surface area (Å²) in [4.78, 5) is 2.33. The van der Waals surface area contributed by atoms with Crippen molar-refractivity contribution in [2.45, 2.75) is 0 Å². The van der Waals surface area contributed by atoms with E-state index in [4.69, 9.17) is 4.42 Å². The van der Waals surface area contributed by atoms with Crippen LogP contribution in [0.15, 0.2) is 180 Å². The van der Waals surface area contributed by atoms with Crippen LogP contribution in [-0.2, 0) is 0 Å². The van der Waals surface area contributed by atoms with Crippen LogP contribution in [0.4, 0.5) is 17.1 Å². The van der Waals surface area contributed by atoms with Gasteiger partial charge in [-0.25, -0.2) is 0 Å². The fraction of sp³-hybridized carbons (Fsp3) is 0. The predicted molar refractivity (Wildman–Crippen MR) is 185 cm³/mol. The lowest BCUT2D eigenvalue weighted by Gasteiger charge is -2.28. The van der Waals surface area contributed by atoms with Crippen molar-refractivity contribution in [2.24, 2.45) is 0 Å². The van der Waals surface area contributed by atoms with Gasteiger partial charge in [-0.15, -0.1) is 0 Å². The maximum atomic E-state index is 6.38.